The summed E-state index contributed by atoms with van der Waals surface area (Å²) in [6, 6.07) is 16.1. The molecule has 7 nitrogen and oxygen atoms in total. The van der Waals surface area contributed by atoms with Crippen LogP contribution in [0.15, 0.2) is 59.5 Å². The van der Waals surface area contributed by atoms with Crippen molar-refractivity contribution in [1.29, 1.82) is 0 Å². The van der Waals surface area contributed by atoms with Gasteiger partial charge < -0.3 is 4.74 Å². The summed E-state index contributed by atoms with van der Waals surface area (Å²) >= 11 is 0. The summed E-state index contributed by atoms with van der Waals surface area (Å²) in [6.45, 7) is 7.98. The zero-order valence-corrected chi connectivity index (χ0v) is 20.2. The van der Waals surface area contributed by atoms with Gasteiger partial charge >= 0.3 is 6.09 Å². The van der Waals surface area contributed by atoms with Gasteiger partial charge in [0.15, 0.2) is 0 Å². The van der Waals surface area contributed by atoms with E-state index in [1.54, 1.807) is 35.2 Å². The molecule has 0 N–H and O–H groups in total. The highest BCUT2D eigenvalue weighted by atomic mass is 32.2. The Morgan fingerprint density at radius 2 is 1.70 bits per heavy atom. The first-order valence-electron chi connectivity index (χ1n) is 11.1. The molecule has 0 spiro atoms. The number of rotatable bonds is 5. The van der Waals surface area contributed by atoms with Crippen LogP contribution >= 0.6 is 0 Å². The molecular formula is C25H29N3O4S. The van der Waals surface area contributed by atoms with Gasteiger partial charge in [0.2, 0.25) is 0 Å². The van der Waals surface area contributed by atoms with Crippen LogP contribution in [-0.4, -0.2) is 34.2 Å². The quantitative estimate of drug-likeness (QED) is 0.528. The lowest BCUT2D eigenvalue weighted by molar-refractivity contribution is 0.0240. The minimum absolute atomic E-state index is 0.171. The fourth-order valence-corrected chi connectivity index (χ4v) is 5.37. The summed E-state index contributed by atoms with van der Waals surface area (Å²) in [7, 11) is -3.92. The Morgan fingerprint density at radius 1 is 1.03 bits per heavy atom. The third kappa shape index (κ3) is 4.53. The van der Waals surface area contributed by atoms with Crippen LogP contribution in [0.25, 0.3) is 11.3 Å². The minimum atomic E-state index is -3.92. The molecule has 1 aromatic heterocycles. The van der Waals surface area contributed by atoms with Gasteiger partial charge in [-0.1, -0.05) is 55.8 Å². The van der Waals surface area contributed by atoms with Crippen LogP contribution in [0.5, 0.6) is 0 Å². The summed E-state index contributed by atoms with van der Waals surface area (Å²) in [6.07, 6.45) is 1.28. The first kappa shape index (κ1) is 23.0. The standard InChI is InChI=1S/C25H29N3O4S/c1-5-11-18-12-9-10-15-20(18)23-21-16-27(24(29)32-25(2,3)4)17-22(21)26-28(23)33(30,31)19-13-7-6-8-14-19/h6-10,12-15H,5,11,16-17H2,1-4H3. The third-order valence-corrected chi connectivity index (χ3v) is 7.03. The summed E-state index contributed by atoms with van der Waals surface area (Å²) < 4.78 is 33.9. The SMILES string of the molecule is CCCc1ccccc1-c1c2c(nn1S(=O)(=O)c1ccccc1)CN(C(=O)OC(C)(C)C)C2. The number of ether oxygens (including phenoxy) is 1. The summed E-state index contributed by atoms with van der Waals surface area (Å²) in [5, 5.41) is 4.52. The highest BCUT2D eigenvalue weighted by Crippen LogP contribution is 2.37. The molecular weight excluding hydrogens is 438 g/mol. The molecule has 174 valence electrons. The largest absolute Gasteiger partial charge is 0.444 e. The molecule has 1 aliphatic rings. The van der Waals surface area contributed by atoms with Gasteiger partial charge in [-0.05, 0) is 44.9 Å². The van der Waals surface area contributed by atoms with Crippen LogP contribution in [0, 0.1) is 0 Å². The minimum Gasteiger partial charge on any atom is -0.444 e. The second kappa shape index (κ2) is 8.67. The Bertz CT molecular complexity index is 1270. The number of benzene rings is 2. The maximum Gasteiger partial charge on any atom is 0.410 e. The maximum atomic E-state index is 13.6. The van der Waals surface area contributed by atoms with E-state index in [-0.39, 0.29) is 18.0 Å². The first-order valence-corrected chi connectivity index (χ1v) is 12.5. The van der Waals surface area contributed by atoms with E-state index < -0.39 is 21.7 Å². The van der Waals surface area contributed by atoms with Crippen molar-refractivity contribution in [3.05, 3.63) is 71.4 Å². The number of fused-ring (bicyclic) bond motifs is 1. The molecule has 4 rings (SSSR count). The Labute approximate surface area is 195 Å². The summed E-state index contributed by atoms with van der Waals surface area (Å²) in [4.78, 5) is 14.4. The van der Waals surface area contributed by atoms with Gasteiger partial charge in [0, 0.05) is 11.1 Å². The van der Waals surface area contributed by atoms with E-state index in [2.05, 4.69) is 12.0 Å². The summed E-state index contributed by atoms with van der Waals surface area (Å²) in [5.41, 5.74) is 3.07. The number of amides is 1. The van der Waals surface area contributed by atoms with Gasteiger partial charge in [-0.25, -0.2) is 4.79 Å². The molecule has 33 heavy (non-hydrogen) atoms. The van der Waals surface area contributed by atoms with Crippen LogP contribution in [0.1, 0.15) is 50.9 Å². The summed E-state index contributed by atoms with van der Waals surface area (Å²) in [5.74, 6) is 0. The van der Waals surface area contributed by atoms with E-state index >= 15 is 0 Å². The molecule has 0 saturated heterocycles. The highest BCUT2D eigenvalue weighted by molar-refractivity contribution is 7.90. The Morgan fingerprint density at radius 3 is 2.36 bits per heavy atom. The van der Waals surface area contributed by atoms with Gasteiger partial charge in [0.25, 0.3) is 10.0 Å². The number of carbonyl (C=O) groups excluding carboxylic acids is 1. The number of aryl methyl sites for hydroxylation is 1. The molecule has 2 aromatic carbocycles. The van der Waals surface area contributed by atoms with Crippen LogP contribution in [-0.2, 0) is 34.3 Å². The van der Waals surface area contributed by atoms with Crippen molar-refractivity contribution in [2.75, 3.05) is 0 Å². The highest BCUT2D eigenvalue weighted by Gasteiger charge is 2.36. The molecule has 3 aromatic rings. The van der Waals surface area contributed by atoms with Crippen molar-refractivity contribution in [1.82, 2.24) is 14.1 Å². The van der Waals surface area contributed by atoms with Crippen LogP contribution in [0.4, 0.5) is 4.79 Å². The molecule has 0 atom stereocenters. The number of hydrogen-bond donors (Lipinski definition) is 0. The average molecular weight is 468 g/mol. The van der Waals surface area contributed by atoms with Gasteiger partial charge in [-0.15, -0.1) is 0 Å². The van der Waals surface area contributed by atoms with Crippen molar-refractivity contribution >= 4 is 16.1 Å². The van der Waals surface area contributed by atoms with Crippen molar-refractivity contribution in [2.24, 2.45) is 0 Å². The Kier molecular flexibility index (Phi) is 6.05. The van der Waals surface area contributed by atoms with E-state index in [1.165, 1.54) is 0 Å². The zero-order valence-electron chi connectivity index (χ0n) is 19.4. The van der Waals surface area contributed by atoms with E-state index in [4.69, 9.17) is 4.74 Å². The average Bonchev–Trinajstić information content (AvgIpc) is 3.33. The molecule has 2 heterocycles. The third-order valence-electron chi connectivity index (χ3n) is 5.44. The predicted octanol–water partition coefficient (Wildman–Crippen LogP) is 4.99. The van der Waals surface area contributed by atoms with Crippen molar-refractivity contribution < 1.29 is 17.9 Å². The number of hydrogen-bond acceptors (Lipinski definition) is 5. The molecule has 1 aliphatic heterocycles. The van der Waals surface area contributed by atoms with Crippen LogP contribution in [0.3, 0.4) is 0 Å². The van der Waals surface area contributed by atoms with Crippen molar-refractivity contribution in [2.45, 2.75) is 64.1 Å². The molecule has 0 fully saturated rings. The van der Waals surface area contributed by atoms with Gasteiger partial charge in [0.1, 0.15) is 5.60 Å². The number of carbonyl (C=O) groups is 1. The number of aromatic nitrogens is 2. The van der Waals surface area contributed by atoms with Crippen molar-refractivity contribution in [3.8, 4) is 11.3 Å². The number of nitrogens with zero attached hydrogens (tertiary/aromatic N) is 3. The van der Waals surface area contributed by atoms with E-state index in [0.717, 1.165) is 33.6 Å². The lowest BCUT2D eigenvalue weighted by atomic mass is 9.98. The molecule has 0 bridgehead atoms. The van der Waals surface area contributed by atoms with Crippen LogP contribution in [0.2, 0.25) is 0 Å². The Balaban J connectivity index is 1.85. The van der Waals surface area contributed by atoms with Crippen molar-refractivity contribution in [3.63, 3.8) is 0 Å². The van der Waals surface area contributed by atoms with Gasteiger partial charge in [-0.3, -0.25) is 4.90 Å². The van der Waals surface area contributed by atoms with E-state index in [0.29, 0.717) is 11.4 Å². The lowest BCUT2D eigenvalue weighted by Crippen LogP contribution is -2.34. The second-order valence-electron chi connectivity index (χ2n) is 9.18. The molecule has 0 radical (unpaired) electrons. The maximum absolute atomic E-state index is 13.6. The Hall–Kier alpha value is -3.13. The smallest absolute Gasteiger partial charge is 0.410 e. The fourth-order valence-electron chi connectivity index (χ4n) is 4.02. The second-order valence-corrected chi connectivity index (χ2v) is 10.9. The normalized spacial score (nSPS) is 13.8. The molecule has 0 saturated carbocycles. The van der Waals surface area contributed by atoms with Gasteiger partial charge in [0.05, 0.1) is 29.4 Å². The fraction of sp³-hybridized carbons (Fsp3) is 0.360. The van der Waals surface area contributed by atoms with Crippen LogP contribution < -0.4 is 0 Å². The zero-order chi connectivity index (χ0) is 23.8. The van der Waals surface area contributed by atoms with Gasteiger partial charge in [-0.2, -0.15) is 17.6 Å². The molecule has 8 heteroatoms. The lowest BCUT2D eigenvalue weighted by Gasteiger charge is -2.24. The monoisotopic (exact) mass is 467 g/mol. The first-order chi connectivity index (χ1) is 15.6. The van der Waals surface area contributed by atoms with E-state index in [1.807, 2.05) is 45.0 Å². The molecule has 0 unspecified atom stereocenters. The topological polar surface area (TPSA) is 81.5 Å². The molecule has 1 amide bonds. The predicted molar refractivity (Wildman–Crippen MR) is 126 cm³/mol. The molecule has 0 aliphatic carbocycles. The van der Waals surface area contributed by atoms with E-state index in [9.17, 15) is 13.2 Å².